The third-order valence-corrected chi connectivity index (χ3v) is 2.69. The Morgan fingerprint density at radius 1 is 1.50 bits per heavy atom. The Hall–Kier alpha value is -1.23. The van der Waals surface area contributed by atoms with Gasteiger partial charge in [0, 0.05) is 26.2 Å². The molecule has 0 fully saturated rings. The highest BCUT2D eigenvalue weighted by molar-refractivity contribution is 5.66. The molecule has 1 heterocycles. The fourth-order valence-electron chi connectivity index (χ4n) is 1.85. The van der Waals surface area contributed by atoms with Crippen LogP contribution in [0.3, 0.4) is 0 Å². The molecule has 0 aliphatic carbocycles. The average Bonchev–Trinajstić information content (AvgIpc) is 2.44. The third-order valence-electron chi connectivity index (χ3n) is 2.69. The molecule has 0 bridgehead atoms. The molecule has 3 N–H and O–H groups in total. The molecule has 0 spiro atoms. The highest BCUT2D eigenvalue weighted by Crippen LogP contribution is 2.27. The van der Waals surface area contributed by atoms with Crippen LogP contribution in [0.4, 0.5) is 11.5 Å². The van der Waals surface area contributed by atoms with Gasteiger partial charge in [0.2, 0.25) is 0 Å². The molecular weight excluding hydrogens is 204 g/mol. The highest BCUT2D eigenvalue weighted by Gasteiger charge is 2.19. The predicted molar refractivity (Wildman–Crippen MR) is 66.5 cm³/mol. The second-order valence-corrected chi connectivity index (χ2v) is 4.31. The number of aromatic nitrogens is 2. The SMILES string of the molecule is Cc1nn(C)c(N(CCCO)C(C)C)c1N. The first kappa shape index (κ1) is 12.8. The fourth-order valence-corrected chi connectivity index (χ4v) is 1.85. The number of nitrogen functional groups attached to an aromatic ring is 1. The number of aliphatic hydroxyl groups is 1. The number of anilines is 2. The number of hydrogen-bond donors (Lipinski definition) is 2. The van der Waals surface area contributed by atoms with Gasteiger partial charge >= 0.3 is 0 Å². The number of aliphatic hydroxyl groups excluding tert-OH is 1. The lowest BCUT2D eigenvalue weighted by atomic mass is 10.2. The number of nitrogens with two attached hydrogens (primary N) is 1. The van der Waals surface area contributed by atoms with Crippen LogP contribution in [0.25, 0.3) is 0 Å². The Morgan fingerprint density at radius 3 is 2.50 bits per heavy atom. The van der Waals surface area contributed by atoms with E-state index in [9.17, 15) is 0 Å². The van der Waals surface area contributed by atoms with Gasteiger partial charge in [-0.3, -0.25) is 4.68 Å². The summed E-state index contributed by atoms with van der Waals surface area (Å²) < 4.78 is 1.81. The van der Waals surface area contributed by atoms with Crippen molar-refractivity contribution in [2.24, 2.45) is 7.05 Å². The predicted octanol–water partition coefficient (Wildman–Crippen LogP) is 0.908. The van der Waals surface area contributed by atoms with Crippen LogP contribution in [0.1, 0.15) is 26.0 Å². The summed E-state index contributed by atoms with van der Waals surface area (Å²) in [6.07, 6.45) is 0.738. The van der Waals surface area contributed by atoms with Crippen LogP contribution in [0.2, 0.25) is 0 Å². The van der Waals surface area contributed by atoms with E-state index in [2.05, 4.69) is 23.8 Å². The van der Waals surface area contributed by atoms with Crippen molar-refractivity contribution in [3.63, 3.8) is 0 Å². The molecule has 0 radical (unpaired) electrons. The molecule has 0 saturated heterocycles. The molecule has 0 aliphatic heterocycles. The Balaban J connectivity index is 3.00. The summed E-state index contributed by atoms with van der Waals surface area (Å²) >= 11 is 0. The smallest absolute Gasteiger partial charge is 0.150 e. The maximum absolute atomic E-state index is 8.91. The molecular formula is C11H22N4O. The van der Waals surface area contributed by atoms with Gasteiger partial charge in [-0.1, -0.05) is 0 Å². The van der Waals surface area contributed by atoms with Crippen molar-refractivity contribution in [1.82, 2.24) is 9.78 Å². The first-order valence-electron chi connectivity index (χ1n) is 5.65. The summed E-state index contributed by atoms with van der Waals surface area (Å²) in [5.74, 6) is 0.945. The normalized spacial score (nSPS) is 11.1. The fraction of sp³-hybridized carbons (Fsp3) is 0.727. The van der Waals surface area contributed by atoms with Crippen molar-refractivity contribution in [2.75, 3.05) is 23.8 Å². The second kappa shape index (κ2) is 5.21. The number of rotatable bonds is 5. The van der Waals surface area contributed by atoms with Crippen molar-refractivity contribution in [1.29, 1.82) is 0 Å². The zero-order valence-electron chi connectivity index (χ0n) is 10.6. The Bertz CT molecular complexity index is 346. The van der Waals surface area contributed by atoms with E-state index < -0.39 is 0 Å². The molecule has 0 unspecified atom stereocenters. The van der Waals surface area contributed by atoms with Gasteiger partial charge < -0.3 is 15.7 Å². The monoisotopic (exact) mass is 226 g/mol. The molecule has 1 rings (SSSR count). The Morgan fingerprint density at radius 2 is 2.12 bits per heavy atom. The number of aryl methyl sites for hydroxylation is 2. The quantitative estimate of drug-likeness (QED) is 0.783. The topological polar surface area (TPSA) is 67.3 Å². The molecule has 0 aliphatic rings. The number of hydrogen-bond acceptors (Lipinski definition) is 4. The van der Waals surface area contributed by atoms with Gasteiger partial charge in [0.15, 0.2) is 5.82 Å². The van der Waals surface area contributed by atoms with Crippen LogP contribution in [0.15, 0.2) is 0 Å². The van der Waals surface area contributed by atoms with Gasteiger partial charge in [-0.2, -0.15) is 5.10 Å². The molecule has 92 valence electrons. The largest absolute Gasteiger partial charge is 0.396 e. The zero-order chi connectivity index (χ0) is 12.3. The van der Waals surface area contributed by atoms with Gasteiger partial charge in [-0.05, 0) is 27.2 Å². The first-order chi connectivity index (χ1) is 7.49. The van der Waals surface area contributed by atoms with Gasteiger partial charge in [0.05, 0.1) is 11.4 Å². The van der Waals surface area contributed by atoms with Crippen molar-refractivity contribution >= 4 is 11.5 Å². The minimum Gasteiger partial charge on any atom is -0.396 e. The van der Waals surface area contributed by atoms with E-state index in [1.54, 1.807) is 0 Å². The van der Waals surface area contributed by atoms with Gasteiger partial charge in [0.1, 0.15) is 0 Å². The zero-order valence-corrected chi connectivity index (χ0v) is 10.6. The van der Waals surface area contributed by atoms with Crippen LogP contribution in [0.5, 0.6) is 0 Å². The van der Waals surface area contributed by atoms with E-state index in [0.29, 0.717) is 6.04 Å². The Kier molecular flexibility index (Phi) is 4.18. The molecule has 0 saturated carbocycles. The van der Waals surface area contributed by atoms with Crippen LogP contribution in [-0.4, -0.2) is 34.1 Å². The summed E-state index contributed by atoms with van der Waals surface area (Å²) in [7, 11) is 1.90. The summed E-state index contributed by atoms with van der Waals surface area (Å²) in [5.41, 5.74) is 7.61. The van der Waals surface area contributed by atoms with E-state index >= 15 is 0 Å². The van der Waals surface area contributed by atoms with Gasteiger partial charge in [-0.25, -0.2) is 0 Å². The molecule has 1 aromatic heterocycles. The van der Waals surface area contributed by atoms with Crippen LogP contribution in [-0.2, 0) is 7.05 Å². The van der Waals surface area contributed by atoms with Crippen molar-refractivity contribution in [3.8, 4) is 0 Å². The van der Waals surface area contributed by atoms with Gasteiger partial charge in [-0.15, -0.1) is 0 Å². The van der Waals surface area contributed by atoms with Crippen LogP contribution >= 0.6 is 0 Å². The molecule has 5 heteroatoms. The van der Waals surface area contributed by atoms with E-state index in [4.69, 9.17) is 10.8 Å². The van der Waals surface area contributed by atoms with Crippen molar-refractivity contribution < 1.29 is 5.11 Å². The maximum Gasteiger partial charge on any atom is 0.150 e. The molecule has 0 atom stereocenters. The second-order valence-electron chi connectivity index (χ2n) is 4.31. The lowest BCUT2D eigenvalue weighted by Crippen LogP contribution is -2.34. The lowest BCUT2D eigenvalue weighted by molar-refractivity contribution is 0.288. The summed E-state index contributed by atoms with van der Waals surface area (Å²) in [4.78, 5) is 2.17. The number of nitrogens with zero attached hydrogens (tertiary/aromatic N) is 3. The molecule has 0 aromatic carbocycles. The van der Waals surface area contributed by atoms with E-state index in [-0.39, 0.29) is 6.61 Å². The van der Waals surface area contributed by atoms with Crippen LogP contribution in [0, 0.1) is 6.92 Å². The van der Waals surface area contributed by atoms with Crippen molar-refractivity contribution in [3.05, 3.63) is 5.69 Å². The van der Waals surface area contributed by atoms with Crippen molar-refractivity contribution in [2.45, 2.75) is 33.2 Å². The summed E-state index contributed by atoms with van der Waals surface area (Å²) in [6, 6.07) is 0.337. The Labute approximate surface area is 96.9 Å². The van der Waals surface area contributed by atoms with E-state index in [0.717, 1.165) is 30.2 Å². The summed E-state index contributed by atoms with van der Waals surface area (Å²) in [6.45, 7) is 7.11. The lowest BCUT2D eigenvalue weighted by Gasteiger charge is -2.29. The highest BCUT2D eigenvalue weighted by atomic mass is 16.3. The first-order valence-corrected chi connectivity index (χ1v) is 5.65. The molecule has 5 nitrogen and oxygen atoms in total. The third kappa shape index (κ3) is 2.47. The van der Waals surface area contributed by atoms with Crippen LogP contribution < -0.4 is 10.6 Å². The standard InChI is InChI=1S/C11H22N4O/c1-8(2)15(6-5-7-16)11-10(12)9(3)13-14(11)4/h8,16H,5-7,12H2,1-4H3. The minimum atomic E-state index is 0.194. The molecule has 16 heavy (non-hydrogen) atoms. The minimum absolute atomic E-state index is 0.194. The van der Waals surface area contributed by atoms with E-state index in [1.807, 2.05) is 18.7 Å². The maximum atomic E-state index is 8.91. The molecule has 0 amide bonds. The summed E-state index contributed by atoms with van der Waals surface area (Å²) in [5, 5.41) is 13.2. The molecule has 1 aromatic rings. The average molecular weight is 226 g/mol. The van der Waals surface area contributed by atoms with E-state index in [1.165, 1.54) is 0 Å². The van der Waals surface area contributed by atoms with Gasteiger partial charge in [0.25, 0.3) is 0 Å².